The van der Waals surface area contributed by atoms with Gasteiger partial charge in [0.25, 0.3) is 0 Å². The number of nitrogens with one attached hydrogen (secondary N) is 1. The average Bonchev–Trinajstić information content (AvgIpc) is 2.99. The van der Waals surface area contributed by atoms with Crippen molar-refractivity contribution in [1.29, 1.82) is 0 Å². The summed E-state index contributed by atoms with van der Waals surface area (Å²) in [5.41, 5.74) is 0.773. The highest BCUT2D eigenvalue weighted by Crippen LogP contribution is 2.28. The molecule has 0 spiro atoms. The molecule has 1 aliphatic rings. The number of halogens is 1. The molecular weight excluding hydrogens is 313 g/mol. The Labute approximate surface area is 140 Å². The molecule has 0 amide bonds. The molecule has 3 nitrogen and oxygen atoms in total. The van der Waals surface area contributed by atoms with Crippen LogP contribution in [0.5, 0.6) is 0 Å². The SMILES string of the molecule is Cc1c(F)cccc1-c1ccc(CNCC2(O)CCSCC2)o1. The Hall–Kier alpha value is -1.30. The molecule has 0 aliphatic carbocycles. The number of hydrogen-bond acceptors (Lipinski definition) is 4. The number of aliphatic hydroxyl groups is 1. The molecule has 0 saturated carbocycles. The van der Waals surface area contributed by atoms with Crippen LogP contribution < -0.4 is 5.32 Å². The maximum Gasteiger partial charge on any atom is 0.134 e. The lowest BCUT2D eigenvalue weighted by molar-refractivity contribution is 0.0316. The summed E-state index contributed by atoms with van der Waals surface area (Å²) < 4.78 is 19.5. The molecule has 2 aromatic rings. The fraction of sp³-hybridized carbons (Fsp3) is 0.444. The maximum atomic E-state index is 13.6. The summed E-state index contributed by atoms with van der Waals surface area (Å²) in [7, 11) is 0. The standard InChI is InChI=1S/C18H22FNO2S/c1-13-15(3-2-4-16(13)19)17-6-5-14(22-17)11-20-12-18(21)7-9-23-10-8-18/h2-6,20-21H,7-12H2,1H3. The van der Waals surface area contributed by atoms with E-state index in [1.807, 2.05) is 30.0 Å². The molecule has 0 atom stereocenters. The molecule has 23 heavy (non-hydrogen) atoms. The molecule has 1 aliphatic heterocycles. The van der Waals surface area contributed by atoms with Gasteiger partial charge in [0.15, 0.2) is 0 Å². The predicted octanol–water partition coefficient (Wildman–Crippen LogP) is 3.74. The third-order valence-corrected chi connectivity index (χ3v) is 5.36. The van der Waals surface area contributed by atoms with Crippen LogP contribution in [-0.4, -0.2) is 28.8 Å². The second kappa shape index (κ2) is 7.07. The molecule has 5 heteroatoms. The molecular formula is C18H22FNO2S. The van der Waals surface area contributed by atoms with Crippen molar-refractivity contribution in [3.63, 3.8) is 0 Å². The number of benzene rings is 1. The highest BCUT2D eigenvalue weighted by molar-refractivity contribution is 7.99. The van der Waals surface area contributed by atoms with Gasteiger partial charge in [0.2, 0.25) is 0 Å². The van der Waals surface area contributed by atoms with Crippen molar-refractivity contribution in [2.45, 2.75) is 31.9 Å². The van der Waals surface area contributed by atoms with Gasteiger partial charge in [0, 0.05) is 12.1 Å². The monoisotopic (exact) mass is 335 g/mol. The van der Waals surface area contributed by atoms with Crippen molar-refractivity contribution in [3.05, 3.63) is 47.5 Å². The van der Waals surface area contributed by atoms with Crippen LogP contribution in [0.4, 0.5) is 4.39 Å². The van der Waals surface area contributed by atoms with Crippen LogP contribution in [0, 0.1) is 12.7 Å². The summed E-state index contributed by atoms with van der Waals surface area (Å²) in [5, 5.41) is 13.7. The van der Waals surface area contributed by atoms with Gasteiger partial charge in [-0.15, -0.1) is 0 Å². The normalized spacial score (nSPS) is 17.3. The van der Waals surface area contributed by atoms with Crippen molar-refractivity contribution in [3.8, 4) is 11.3 Å². The van der Waals surface area contributed by atoms with E-state index in [9.17, 15) is 9.50 Å². The maximum absolute atomic E-state index is 13.6. The summed E-state index contributed by atoms with van der Waals surface area (Å²) in [4.78, 5) is 0. The first-order chi connectivity index (χ1) is 11.1. The van der Waals surface area contributed by atoms with Crippen molar-refractivity contribution < 1.29 is 13.9 Å². The van der Waals surface area contributed by atoms with E-state index in [0.717, 1.165) is 35.7 Å². The molecule has 1 saturated heterocycles. The van der Waals surface area contributed by atoms with Gasteiger partial charge in [0.1, 0.15) is 17.3 Å². The second-order valence-corrected chi connectivity index (χ2v) is 7.34. The minimum absolute atomic E-state index is 0.226. The smallest absolute Gasteiger partial charge is 0.134 e. The summed E-state index contributed by atoms with van der Waals surface area (Å²) in [6.07, 6.45) is 1.66. The van der Waals surface area contributed by atoms with Crippen LogP contribution in [-0.2, 0) is 6.54 Å². The van der Waals surface area contributed by atoms with Crippen molar-refractivity contribution in [1.82, 2.24) is 5.32 Å². The quantitative estimate of drug-likeness (QED) is 0.874. The van der Waals surface area contributed by atoms with Gasteiger partial charge in [-0.1, -0.05) is 12.1 Å². The van der Waals surface area contributed by atoms with Gasteiger partial charge < -0.3 is 14.8 Å². The van der Waals surface area contributed by atoms with E-state index in [1.165, 1.54) is 6.07 Å². The first kappa shape index (κ1) is 16.6. The van der Waals surface area contributed by atoms with Crippen LogP contribution in [0.2, 0.25) is 0 Å². The van der Waals surface area contributed by atoms with Crippen LogP contribution in [0.3, 0.4) is 0 Å². The number of furan rings is 1. The average molecular weight is 335 g/mol. The lowest BCUT2D eigenvalue weighted by Crippen LogP contribution is -2.43. The molecule has 3 rings (SSSR count). The van der Waals surface area contributed by atoms with Crippen molar-refractivity contribution >= 4 is 11.8 Å². The highest BCUT2D eigenvalue weighted by Gasteiger charge is 2.28. The van der Waals surface area contributed by atoms with Gasteiger partial charge >= 0.3 is 0 Å². The Balaban J connectivity index is 1.60. The largest absolute Gasteiger partial charge is 0.460 e. The van der Waals surface area contributed by atoms with Crippen molar-refractivity contribution in [2.24, 2.45) is 0 Å². The lowest BCUT2D eigenvalue weighted by Gasteiger charge is -2.31. The summed E-state index contributed by atoms with van der Waals surface area (Å²) in [6.45, 7) is 2.88. The van der Waals surface area contributed by atoms with Gasteiger partial charge in [-0.2, -0.15) is 11.8 Å². The summed E-state index contributed by atoms with van der Waals surface area (Å²) in [6, 6.07) is 8.76. The van der Waals surface area contributed by atoms with Gasteiger partial charge in [-0.05, 0) is 55.0 Å². The lowest BCUT2D eigenvalue weighted by atomic mass is 9.97. The second-order valence-electron chi connectivity index (χ2n) is 6.12. The third-order valence-electron chi connectivity index (χ3n) is 4.37. The Bertz CT molecular complexity index is 665. The Kier molecular flexibility index (Phi) is 5.09. The zero-order chi connectivity index (χ0) is 16.3. The van der Waals surface area contributed by atoms with E-state index in [1.54, 1.807) is 13.0 Å². The Morgan fingerprint density at radius 2 is 2.04 bits per heavy atom. The van der Waals surface area contributed by atoms with E-state index in [0.29, 0.717) is 24.4 Å². The minimum atomic E-state index is -0.597. The predicted molar refractivity (Wildman–Crippen MR) is 92.1 cm³/mol. The zero-order valence-corrected chi connectivity index (χ0v) is 14.1. The molecule has 0 unspecified atom stereocenters. The number of rotatable bonds is 5. The molecule has 124 valence electrons. The van der Waals surface area contributed by atoms with Crippen LogP contribution >= 0.6 is 11.8 Å². The topological polar surface area (TPSA) is 45.4 Å². The highest BCUT2D eigenvalue weighted by atomic mass is 32.2. The molecule has 2 heterocycles. The summed E-state index contributed by atoms with van der Waals surface area (Å²) in [5.74, 6) is 3.27. The van der Waals surface area contributed by atoms with E-state index >= 15 is 0 Å². The Morgan fingerprint density at radius 3 is 2.83 bits per heavy atom. The first-order valence-corrected chi connectivity index (χ1v) is 9.08. The van der Waals surface area contributed by atoms with E-state index in [2.05, 4.69) is 5.32 Å². The zero-order valence-electron chi connectivity index (χ0n) is 13.3. The minimum Gasteiger partial charge on any atom is -0.460 e. The fourth-order valence-electron chi connectivity index (χ4n) is 2.84. The van der Waals surface area contributed by atoms with Gasteiger partial charge in [0.05, 0.1) is 12.1 Å². The molecule has 1 aromatic carbocycles. The van der Waals surface area contributed by atoms with Crippen LogP contribution in [0.15, 0.2) is 34.7 Å². The first-order valence-electron chi connectivity index (χ1n) is 7.92. The molecule has 1 fully saturated rings. The molecule has 0 bridgehead atoms. The van der Waals surface area contributed by atoms with Crippen LogP contribution in [0.1, 0.15) is 24.2 Å². The third kappa shape index (κ3) is 3.97. The summed E-state index contributed by atoms with van der Waals surface area (Å²) >= 11 is 1.89. The molecule has 2 N–H and O–H groups in total. The number of hydrogen-bond donors (Lipinski definition) is 2. The van der Waals surface area contributed by atoms with Crippen LogP contribution in [0.25, 0.3) is 11.3 Å². The number of thioether (sulfide) groups is 1. The molecule has 0 radical (unpaired) electrons. The van der Waals surface area contributed by atoms with E-state index < -0.39 is 5.60 Å². The fourth-order valence-corrected chi connectivity index (χ4v) is 4.09. The van der Waals surface area contributed by atoms with Gasteiger partial charge in [-0.3, -0.25) is 0 Å². The van der Waals surface area contributed by atoms with E-state index in [4.69, 9.17) is 4.42 Å². The Morgan fingerprint density at radius 1 is 1.26 bits per heavy atom. The van der Waals surface area contributed by atoms with E-state index in [-0.39, 0.29) is 5.82 Å². The van der Waals surface area contributed by atoms with Gasteiger partial charge in [-0.25, -0.2) is 4.39 Å². The van der Waals surface area contributed by atoms with Crippen molar-refractivity contribution in [2.75, 3.05) is 18.1 Å². The molecule has 1 aromatic heterocycles.